The molecule has 0 saturated heterocycles. The molecule has 0 bridgehead atoms. The fourth-order valence-corrected chi connectivity index (χ4v) is 6.17. The number of nitrogens with one attached hydrogen (secondary N) is 1. The molecule has 0 radical (unpaired) electrons. The van der Waals surface area contributed by atoms with Gasteiger partial charge in [0.2, 0.25) is 0 Å². The Kier molecular flexibility index (Phi) is 5.55. The number of nitrogens with zero attached hydrogens (tertiary/aromatic N) is 1. The maximum Gasteiger partial charge on any atom is 0.197 e. The molecule has 3 aromatic carbocycles. The summed E-state index contributed by atoms with van der Waals surface area (Å²) in [7, 11) is 0. The molecule has 1 atom stereocenters. The van der Waals surface area contributed by atoms with Crippen molar-refractivity contribution < 1.29 is 14.0 Å². The predicted octanol–water partition coefficient (Wildman–Crippen LogP) is 7.90. The van der Waals surface area contributed by atoms with E-state index in [1.165, 1.54) is 16.7 Å². The number of fused-ring (bicyclic) bond motifs is 4. The molecule has 202 valence electrons. The summed E-state index contributed by atoms with van der Waals surface area (Å²) in [5.41, 5.74) is 8.59. The highest BCUT2D eigenvalue weighted by Crippen LogP contribution is 2.52. The third-order valence-electron chi connectivity index (χ3n) is 8.48. The van der Waals surface area contributed by atoms with Gasteiger partial charge in [0, 0.05) is 39.7 Å². The Morgan fingerprint density at radius 2 is 1.39 bits per heavy atom. The largest absolute Gasteiger partial charge is 0.459 e. The van der Waals surface area contributed by atoms with Crippen LogP contribution in [0.4, 0.5) is 11.4 Å². The molecule has 3 aliphatic rings. The van der Waals surface area contributed by atoms with Gasteiger partial charge in [-0.2, -0.15) is 0 Å². The molecule has 2 heterocycles. The summed E-state index contributed by atoms with van der Waals surface area (Å²) in [4.78, 5) is 28.2. The molecule has 7 rings (SSSR count). The minimum atomic E-state index is -0.328. The first-order chi connectivity index (χ1) is 19.7. The third kappa shape index (κ3) is 3.92. The van der Waals surface area contributed by atoms with Crippen molar-refractivity contribution in [2.24, 2.45) is 0 Å². The van der Waals surface area contributed by atoms with Crippen LogP contribution in [0.15, 0.2) is 112 Å². The van der Waals surface area contributed by atoms with Gasteiger partial charge in [0.05, 0.1) is 11.3 Å². The average Bonchev–Trinajstić information content (AvgIpc) is 3.57. The number of benzene rings is 3. The van der Waals surface area contributed by atoms with Gasteiger partial charge in [-0.15, -0.1) is 0 Å². The van der Waals surface area contributed by atoms with Crippen LogP contribution >= 0.6 is 0 Å². The number of furan rings is 1. The second-order valence-corrected chi connectivity index (χ2v) is 11.6. The number of ketones is 2. The fraction of sp³-hybridized carbons (Fsp3) is 0.167. The molecule has 0 fully saturated rings. The van der Waals surface area contributed by atoms with Crippen molar-refractivity contribution in [2.45, 2.75) is 39.2 Å². The van der Waals surface area contributed by atoms with Crippen molar-refractivity contribution in [3.63, 3.8) is 0 Å². The van der Waals surface area contributed by atoms with Gasteiger partial charge in [-0.3, -0.25) is 9.59 Å². The maximum absolute atomic E-state index is 12.9. The fourth-order valence-electron chi connectivity index (χ4n) is 6.17. The van der Waals surface area contributed by atoms with Crippen molar-refractivity contribution in [3.05, 3.63) is 147 Å². The van der Waals surface area contributed by atoms with Crippen LogP contribution in [0.25, 0.3) is 6.08 Å². The lowest BCUT2D eigenvalue weighted by atomic mass is 9.81. The molecule has 1 aliphatic heterocycles. The SMILES string of the molecule is Cc1ccc(N(C2=CNC3C(=C2)C(C)(C)c2cc(C=C4C(=O)c5ccccc5C4=O)oc23)c2ccc(C)cc2)cc1. The Hall–Kier alpha value is -4.90. The number of carbonyl (C=O) groups excluding carboxylic acids is 2. The quantitative estimate of drug-likeness (QED) is 0.211. The number of hydrogen-bond acceptors (Lipinski definition) is 5. The van der Waals surface area contributed by atoms with E-state index in [2.05, 4.69) is 92.5 Å². The number of rotatable bonds is 4. The monoisotopic (exact) mass is 538 g/mol. The molecule has 5 nitrogen and oxygen atoms in total. The van der Waals surface area contributed by atoms with E-state index in [4.69, 9.17) is 4.42 Å². The number of aryl methyl sites for hydroxylation is 2. The highest BCUT2D eigenvalue weighted by Gasteiger charge is 2.46. The van der Waals surface area contributed by atoms with Gasteiger partial charge < -0.3 is 14.6 Å². The minimum absolute atomic E-state index is 0.138. The number of hydrogen-bond donors (Lipinski definition) is 1. The Morgan fingerprint density at radius 3 is 1.95 bits per heavy atom. The highest BCUT2D eigenvalue weighted by atomic mass is 16.3. The summed E-state index contributed by atoms with van der Waals surface area (Å²) >= 11 is 0. The van der Waals surface area contributed by atoms with Gasteiger partial charge in [0.15, 0.2) is 11.6 Å². The first-order valence-electron chi connectivity index (χ1n) is 13.9. The van der Waals surface area contributed by atoms with Gasteiger partial charge >= 0.3 is 0 Å². The number of anilines is 2. The third-order valence-corrected chi connectivity index (χ3v) is 8.48. The molecule has 4 aromatic rings. The summed E-state index contributed by atoms with van der Waals surface area (Å²) < 4.78 is 6.35. The van der Waals surface area contributed by atoms with Gasteiger partial charge in [0.25, 0.3) is 0 Å². The zero-order valence-corrected chi connectivity index (χ0v) is 23.5. The number of allylic oxidation sites excluding steroid dienone is 2. The zero-order chi connectivity index (χ0) is 28.5. The van der Waals surface area contributed by atoms with Crippen LogP contribution in [-0.4, -0.2) is 11.6 Å². The zero-order valence-electron chi connectivity index (χ0n) is 23.5. The lowest BCUT2D eigenvalue weighted by Crippen LogP contribution is -2.29. The highest BCUT2D eigenvalue weighted by molar-refractivity contribution is 6.41. The Bertz CT molecular complexity index is 1750. The van der Waals surface area contributed by atoms with E-state index in [0.717, 1.165) is 28.4 Å². The predicted molar refractivity (Wildman–Crippen MR) is 161 cm³/mol. The van der Waals surface area contributed by atoms with E-state index in [-0.39, 0.29) is 28.6 Å². The first kappa shape index (κ1) is 25.1. The van der Waals surface area contributed by atoms with E-state index in [0.29, 0.717) is 16.9 Å². The van der Waals surface area contributed by atoms with Crippen LogP contribution in [0.2, 0.25) is 0 Å². The summed E-state index contributed by atoms with van der Waals surface area (Å²) in [6.07, 6.45) is 5.90. The summed E-state index contributed by atoms with van der Waals surface area (Å²) in [5, 5.41) is 3.60. The average molecular weight is 539 g/mol. The second-order valence-electron chi connectivity index (χ2n) is 11.6. The molecule has 1 N–H and O–H groups in total. The molecule has 5 heteroatoms. The van der Waals surface area contributed by atoms with E-state index in [1.54, 1.807) is 30.3 Å². The van der Waals surface area contributed by atoms with E-state index in [1.807, 2.05) is 12.3 Å². The van der Waals surface area contributed by atoms with Crippen LogP contribution in [0.1, 0.15) is 68.8 Å². The molecule has 41 heavy (non-hydrogen) atoms. The molecule has 2 aliphatic carbocycles. The van der Waals surface area contributed by atoms with Crippen LogP contribution in [0.3, 0.4) is 0 Å². The maximum atomic E-state index is 12.9. The van der Waals surface area contributed by atoms with Crippen LogP contribution < -0.4 is 10.2 Å². The topological polar surface area (TPSA) is 62.6 Å². The number of carbonyl (C=O) groups is 2. The van der Waals surface area contributed by atoms with Gasteiger partial charge in [0.1, 0.15) is 17.6 Å². The van der Waals surface area contributed by atoms with E-state index in [9.17, 15) is 9.59 Å². The Morgan fingerprint density at radius 1 is 0.829 bits per heavy atom. The Labute approximate surface area is 239 Å². The van der Waals surface area contributed by atoms with Crippen molar-refractivity contribution in [1.82, 2.24) is 5.32 Å². The number of dihydropyridines is 1. The lowest BCUT2D eigenvalue weighted by Gasteiger charge is -2.33. The smallest absolute Gasteiger partial charge is 0.197 e. The van der Waals surface area contributed by atoms with Gasteiger partial charge in [-0.1, -0.05) is 73.5 Å². The minimum Gasteiger partial charge on any atom is -0.459 e. The molecule has 1 unspecified atom stereocenters. The first-order valence-corrected chi connectivity index (χ1v) is 13.9. The van der Waals surface area contributed by atoms with Crippen molar-refractivity contribution in [2.75, 3.05) is 4.90 Å². The molecule has 0 saturated carbocycles. The summed E-state index contributed by atoms with van der Waals surface area (Å²) in [6, 6.07) is 25.9. The molecular formula is C36H30N2O3. The standard InChI is InChI=1S/C36H30N2O3/c1-21-9-13-23(14-10-21)38(24-15-11-22(2)12-16-24)25-17-30-32(37-20-25)35-31(36(30,3)4)19-26(41-35)18-29-33(39)27-7-5-6-8-28(27)34(29)40/h5-20,32,37H,1-4H3. The van der Waals surface area contributed by atoms with E-state index >= 15 is 0 Å². The van der Waals surface area contributed by atoms with Crippen LogP contribution in [-0.2, 0) is 5.41 Å². The van der Waals surface area contributed by atoms with Gasteiger partial charge in [-0.25, -0.2) is 0 Å². The lowest BCUT2D eigenvalue weighted by molar-refractivity contribution is 0.0990. The summed E-state index contributed by atoms with van der Waals surface area (Å²) in [5.74, 6) is 0.829. The van der Waals surface area contributed by atoms with Crippen molar-refractivity contribution in [3.8, 4) is 0 Å². The molecule has 0 amide bonds. The van der Waals surface area contributed by atoms with Crippen LogP contribution in [0, 0.1) is 13.8 Å². The molecule has 1 aromatic heterocycles. The normalized spacial score (nSPS) is 18.2. The number of Topliss-reactive ketones (excluding diaryl/α,β-unsaturated/α-hetero) is 2. The second kappa shape index (κ2) is 9.07. The summed E-state index contributed by atoms with van der Waals surface area (Å²) in [6.45, 7) is 8.58. The molecular weight excluding hydrogens is 508 g/mol. The van der Waals surface area contributed by atoms with Crippen LogP contribution in [0.5, 0.6) is 0 Å². The molecule has 0 spiro atoms. The van der Waals surface area contributed by atoms with Gasteiger partial charge in [-0.05, 0) is 61.9 Å². The van der Waals surface area contributed by atoms with Crippen molar-refractivity contribution >= 4 is 29.0 Å². The Balaban J connectivity index is 1.25. The van der Waals surface area contributed by atoms with E-state index < -0.39 is 0 Å². The van der Waals surface area contributed by atoms with Crippen molar-refractivity contribution in [1.29, 1.82) is 0 Å².